The molecule has 0 unspecified atom stereocenters. The van der Waals surface area contributed by atoms with Gasteiger partial charge in [0.15, 0.2) is 0 Å². The molecular formula is C12H18N2O3S2. The summed E-state index contributed by atoms with van der Waals surface area (Å²) < 4.78 is 31.8. The van der Waals surface area contributed by atoms with E-state index in [2.05, 4.69) is 0 Å². The molecule has 0 fully saturated rings. The molecule has 1 aromatic heterocycles. The van der Waals surface area contributed by atoms with E-state index in [9.17, 15) is 8.42 Å². The molecule has 0 bridgehead atoms. The molecule has 5 nitrogen and oxygen atoms in total. The van der Waals surface area contributed by atoms with Gasteiger partial charge in [0.2, 0.25) is 0 Å². The summed E-state index contributed by atoms with van der Waals surface area (Å²) in [4.78, 5) is 0.881. The van der Waals surface area contributed by atoms with Crippen LogP contribution < -0.4 is 5.73 Å². The first-order valence-electron chi connectivity index (χ1n) is 6.03. The van der Waals surface area contributed by atoms with Gasteiger partial charge in [0.25, 0.3) is 10.0 Å². The molecule has 2 N–H and O–H groups in total. The second-order valence-electron chi connectivity index (χ2n) is 4.33. The van der Waals surface area contributed by atoms with Crippen molar-refractivity contribution in [3.63, 3.8) is 0 Å². The van der Waals surface area contributed by atoms with Gasteiger partial charge in [0.1, 0.15) is 4.21 Å². The van der Waals surface area contributed by atoms with E-state index in [1.165, 1.54) is 15.6 Å². The number of nitrogens with zero attached hydrogens (tertiary/aromatic N) is 1. The van der Waals surface area contributed by atoms with E-state index in [1.807, 2.05) is 6.08 Å². The van der Waals surface area contributed by atoms with Crippen LogP contribution >= 0.6 is 11.3 Å². The predicted octanol–water partition coefficient (Wildman–Crippen LogP) is 1.17. The van der Waals surface area contributed by atoms with Crippen LogP contribution in [0.2, 0.25) is 0 Å². The summed E-state index contributed by atoms with van der Waals surface area (Å²) in [5.74, 6) is 0. The minimum atomic E-state index is -3.38. The van der Waals surface area contributed by atoms with Crippen LogP contribution in [0.1, 0.15) is 11.3 Å². The zero-order chi connectivity index (χ0) is 13.9. The quantitative estimate of drug-likeness (QED) is 0.829. The van der Waals surface area contributed by atoms with Crippen LogP contribution in [0, 0.1) is 0 Å². The molecule has 0 saturated carbocycles. The zero-order valence-corrected chi connectivity index (χ0v) is 12.5. The molecule has 0 atom stereocenters. The van der Waals surface area contributed by atoms with Crippen LogP contribution in [0.3, 0.4) is 0 Å². The third-order valence-electron chi connectivity index (χ3n) is 3.03. The highest BCUT2D eigenvalue weighted by Crippen LogP contribution is 2.26. The molecule has 1 aliphatic heterocycles. The highest BCUT2D eigenvalue weighted by Gasteiger charge is 2.27. The third-order valence-corrected chi connectivity index (χ3v) is 6.47. The third kappa shape index (κ3) is 3.24. The number of thiophene rings is 1. The Morgan fingerprint density at radius 1 is 1.47 bits per heavy atom. The molecule has 0 spiro atoms. The molecule has 19 heavy (non-hydrogen) atoms. The average Bonchev–Trinajstić information content (AvgIpc) is 2.89. The maximum Gasteiger partial charge on any atom is 0.252 e. The molecule has 0 aromatic carbocycles. The number of ether oxygens (including phenoxy) is 1. The lowest BCUT2D eigenvalue weighted by Crippen LogP contribution is -2.34. The summed E-state index contributed by atoms with van der Waals surface area (Å²) in [5.41, 5.74) is 6.67. The van der Waals surface area contributed by atoms with Crippen molar-refractivity contribution >= 4 is 21.4 Å². The molecule has 1 aliphatic rings. The van der Waals surface area contributed by atoms with Crippen molar-refractivity contribution in [1.29, 1.82) is 0 Å². The fourth-order valence-electron chi connectivity index (χ4n) is 1.96. The highest BCUT2D eigenvalue weighted by molar-refractivity contribution is 7.91. The normalized spacial score (nSPS) is 17.5. The fourth-order valence-corrected chi connectivity index (χ4v) is 4.73. The van der Waals surface area contributed by atoms with Gasteiger partial charge >= 0.3 is 0 Å². The van der Waals surface area contributed by atoms with Crippen LogP contribution in [0.25, 0.3) is 0 Å². The monoisotopic (exact) mass is 302 g/mol. The van der Waals surface area contributed by atoms with Crippen molar-refractivity contribution in [3.8, 4) is 0 Å². The van der Waals surface area contributed by atoms with Gasteiger partial charge in [-0.2, -0.15) is 4.31 Å². The maximum absolute atomic E-state index is 12.4. The second kappa shape index (κ2) is 6.15. The Morgan fingerprint density at radius 2 is 2.26 bits per heavy atom. The molecule has 106 valence electrons. The molecule has 2 heterocycles. The Kier molecular flexibility index (Phi) is 4.75. The Hall–Kier alpha value is -0.730. The summed E-state index contributed by atoms with van der Waals surface area (Å²) in [7, 11) is -1.74. The Balaban J connectivity index is 2.13. The van der Waals surface area contributed by atoms with Crippen molar-refractivity contribution in [2.45, 2.75) is 17.2 Å². The number of methoxy groups -OCH3 is 1. The van der Waals surface area contributed by atoms with E-state index in [4.69, 9.17) is 10.5 Å². The molecule has 0 saturated heterocycles. The van der Waals surface area contributed by atoms with Crippen LogP contribution in [-0.2, 0) is 21.3 Å². The van der Waals surface area contributed by atoms with Gasteiger partial charge in [-0.25, -0.2) is 8.42 Å². The summed E-state index contributed by atoms with van der Waals surface area (Å²) in [6.45, 7) is 1.87. The summed E-state index contributed by atoms with van der Waals surface area (Å²) >= 11 is 1.24. The van der Waals surface area contributed by atoms with Crippen molar-refractivity contribution in [2.24, 2.45) is 5.73 Å². The minimum Gasteiger partial charge on any atom is -0.380 e. The van der Waals surface area contributed by atoms with E-state index in [0.717, 1.165) is 16.9 Å². The summed E-state index contributed by atoms with van der Waals surface area (Å²) in [6, 6.07) is 3.41. The fraction of sp³-hybridized carbons (Fsp3) is 0.500. The lowest BCUT2D eigenvalue weighted by molar-refractivity contribution is 0.219. The number of rotatable bonds is 5. The van der Waals surface area contributed by atoms with Crippen LogP contribution in [-0.4, -0.2) is 39.5 Å². The molecule has 2 rings (SSSR count). The molecule has 7 heteroatoms. The van der Waals surface area contributed by atoms with E-state index in [-0.39, 0.29) is 0 Å². The summed E-state index contributed by atoms with van der Waals surface area (Å²) in [6.07, 6.45) is 2.66. The first-order chi connectivity index (χ1) is 9.07. The number of hydrogen-bond acceptors (Lipinski definition) is 5. The second-order valence-corrected chi connectivity index (χ2v) is 7.67. The SMILES string of the molecule is COCC1=CCN(S(=O)(=O)c2ccc(CN)s2)CC1. The lowest BCUT2D eigenvalue weighted by atomic mass is 10.1. The van der Waals surface area contributed by atoms with Gasteiger partial charge in [-0.3, -0.25) is 0 Å². The Labute approximate surface area is 117 Å². The molecule has 0 aliphatic carbocycles. The zero-order valence-electron chi connectivity index (χ0n) is 10.8. The van der Waals surface area contributed by atoms with Crippen molar-refractivity contribution in [2.75, 3.05) is 26.8 Å². The topological polar surface area (TPSA) is 72.6 Å². The van der Waals surface area contributed by atoms with Crippen LogP contribution in [0.5, 0.6) is 0 Å². The van der Waals surface area contributed by atoms with Gasteiger partial charge in [-0.15, -0.1) is 11.3 Å². The van der Waals surface area contributed by atoms with Crippen LogP contribution in [0.4, 0.5) is 0 Å². The van der Waals surface area contributed by atoms with Crippen molar-refractivity contribution < 1.29 is 13.2 Å². The standard InChI is InChI=1S/C12H18N2O3S2/c1-17-9-10-4-6-14(7-5-10)19(15,16)12-3-2-11(8-13)18-12/h2-4H,5-9,13H2,1H3. The van der Waals surface area contributed by atoms with Crippen molar-refractivity contribution in [1.82, 2.24) is 4.31 Å². The average molecular weight is 302 g/mol. The molecule has 0 radical (unpaired) electrons. The van der Waals surface area contributed by atoms with E-state index in [1.54, 1.807) is 19.2 Å². The van der Waals surface area contributed by atoms with E-state index in [0.29, 0.717) is 30.5 Å². The number of hydrogen-bond donors (Lipinski definition) is 1. The van der Waals surface area contributed by atoms with Gasteiger partial charge in [0.05, 0.1) is 6.61 Å². The minimum absolute atomic E-state index is 0.372. The van der Waals surface area contributed by atoms with Crippen molar-refractivity contribution in [3.05, 3.63) is 28.7 Å². The van der Waals surface area contributed by atoms with E-state index >= 15 is 0 Å². The largest absolute Gasteiger partial charge is 0.380 e. The Morgan fingerprint density at radius 3 is 2.79 bits per heavy atom. The lowest BCUT2D eigenvalue weighted by Gasteiger charge is -2.24. The first-order valence-corrected chi connectivity index (χ1v) is 8.29. The number of sulfonamides is 1. The van der Waals surface area contributed by atoms with Gasteiger partial charge in [-0.05, 0) is 24.1 Å². The van der Waals surface area contributed by atoms with Gasteiger partial charge in [0, 0.05) is 31.6 Å². The van der Waals surface area contributed by atoms with Crippen LogP contribution in [0.15, 0.2) is 28.0 Å². The van der Waals surface area contributed by atoms with Gasteiger partial charge in [-0.1, -0.05) is 6.08 Å². The van der Waals surface area contributed by atoms with E-state index < -0.39 is 10.0 Å². The molecule has 1 aromatic rings. The smallest absolute Gasteiger partial charge is 0.252 e. The molecule has 0 amide bonds. The highest BCUT2D eigenvalue weighted by atomic mass is 32.2. The predicted molar refractivity (Wildman–Crippen MR) is 75.5 cm³/mol. The first kappa shape index (κ1) is 14.7. The maximum atomic E-state index is 12.4. The van der Waals surface area contributed by atoms with Gasteiger partial charge < -0.3 is 10.5 Å². The molecular weight excluding hydrogens is 284 g/mol. The summed E-state index contributed by atoms with van der Waals surface area (Å²) in [5, 5.41) is 0. The number of nitrogens with two attached hydrogens (primary N) is 1. The Bertz CT molecular complexity index is 563.